The Kier molecular flexibility index (Phi) is 3.59. The van der Waals surface area contributed by atoms with Gasteiger partial charge in [0.15, 0.2) is 5.03 Å². The summed E-state index contributed by atoms with van der Waals surface area (Å²) in [5.41, 5.74) is 2.64. The van der Waals surface area contributed by atoms with Crippen LogP contribution in [0, 0.1) is 13.8 Å². The summed E-state index contributed by atoms with van der Waals surface area (Å²) in [6.45, 7) is 3.39. The average molecular weight is 281 g/mol. The summed E-state index contributed by atoms with van der Waals surface area (Å²) < 4.78 is 26.8. The van der Waals surface area contributed by atoms with Crippen LogP contribution >= 0.6 is 0 Å². The maximum Gasteiger partial charge on any atom is 0.279 e. The van der Waals surface area contributed by atoms with Gasteiger partial charge in [0.1, 0.15) is 0 Å². The highest BCUT2D eigenvalue weighted by atomic mass is 32.2. The van der Waals surface area contributed by atoms with Crippen LogP contribution in [0.2, 0.25) is 0 Å². The standard InChI is InChI=1S/C12H15N3O3S/c1-8-3-9(2)5-11(4-8)15-19(17,18)12-10(7-16)6-13-14-12/h3-6,15-16H,7H2,1-2H3,(H,13,14). The second kappa shape index (κ2) is 5.02. The first-order valence-corrected chi connectivity index (χ1v) is 7.15. The molecule has 0 aliphatic carbocycles. The van der Waals surface area contributed by atoms with Gasteiger partial charge in [-0.3, -0.25) is 9.82 Å². The lowest BCUT2D eigenvalue weighted by Gasteiger charge is -2.09. The van der Waals surface area contributed by atoms with Crippen molar-refractivity contribution < 1.29 is 13.5 Å². The largest absolute Gasteiger partial charge is 0.392 e. The van der Waals surface area contributed by atoms with Crippen molar-refractivity contribution in [1.82, 2.24) is 10.2 Å². The molecule has 1 aromatic heterocycles. The molecule has 0 aliphatic rings. The highest BCUT2D eigenvalue weighted by molar-refractivity contribution is 7.92. The van der Waals surface area contributed by atoms with E-state index in [1.165, 1.54) is 6.20 Å². The van der Waals surface area contributed by atoms with Gasteiger partial charge in [-0.2, -0.15) is 13.5 Å². The molecule has 1 aromatic carbocycles. The molecule has 0 radical (unpaired) electrons. The zero-order valence-electron chi connectivity index (χ0n) is 10.6. The maximum absolute atomic E-state index is 12.2. The van der Waals surface area contributed by atoms with Gasteiger partial charge in [-0.05, 0) is 37.1 Å². The Morgan fingerprint density at radius 3 is 2.47 bits per heavy atom. The number of H-pyrrole nitrogens is 1. The summed E-state index contributed by atoms with van der Waals surface area (Å²) in [6, 6.07) is 5.42. The fourth-order valence-corrected chi connectivity index (χ4v) is 3.05. The first kappa shape index (κ1) is 13.6. The van der Waals surface area contributed by atoms with Crippen molar-refractivity contribution in [1.29, 1.82) is 0 Å². The Labute approximate surface area is 111 Å². The molecule has 2 rings (SSSR count). The summed E-state index contributed by atoms with van der Waals surface area (Å²) in [4.78, 5) is 0. The molecule has 7 heteroatoms. The molecule has 0 bridgehead atoms. The van der Waals surface area contributed by atoms with E-state index in [4.69, 9.17) is 5.11 Å². The minimum absolute atomic E-state index is 0.117. The minimum Gasteiger partial charge on any atom is -0.392 e. The predicted molar refractivity (Wildman–Crippen MR) is 71.2 cm³/mol. The van der Waals surface area contributed by atoms with Crippen LogP contribution in [0.3, 0.4) is 0 Å². The second-order valence-electron chi connectivity index (χ2n) is 4.36. The van der Waals surface area contributed by atoms with Crippen molar-refractivity contribution in [3.05, 3.63) is 41.1 Å². The molecule has 0 spiro atoms. The van der Waals surface area contributed by atoms with Gasteiger partial charge in [0.2, 0.25) is 0 Å². The van der Waals surface area contributed by atoms with Crippen molar-refractivity contribution in [3.63, 3.8) is 0 Å². The first-order valence-electron chi connectivity index (χ1n) is 5.66. The first-order chi connectivity index (χ1) is 8.92. The van der Waals surface area contributed by atoms with E-state index >= 15 is 0 Å². The van der Waals surface area contributed by atoms with Gasteiger partial charge < -0.3 is 5.11 Å². The van der Waals surface area contributed by atoms with E-state index in [0.717, 1.165) is 11.1 Å². The zero-order valence-corrected chi connectivity index (χ0v) is 11.5. The lowest BCUT2D eigenvalue weighted by Crippen LogP contribution is -2.15. The van der Waals surface area contributed by atoms with Crippen molar-refractivity contribution >= 4 is 15.7 Å². The normalized spacial score (nSPS) is 11.5. The molecule has 0 saturated carbocycles. The average Bonchev–Trinajstić information content (AvgIpc) is 2.75. The minimum atomic E-state index is -3.77. The quantitative estimate of drug-likeness (QED) is 0.787. The van der Waals surface area contributed by atoms with E-state index in [-0.39, 0.29) is 17.2 Å². The molecule has 2 aromatic rings. The van der Waals surface area contributed by atoms with E-state index in [0.29, 0.717) is 5.69 Å². The molecule has 0 amide bonds. The van der Waals surface area contributed by atoms with Crippen molar-refractivity contribution in [2.75, 3.05) is 4.72 Å². The van der Waals surface area contributed by atoms with Crippen LogP contribution < -0.4 is 4.72 Å². The molecule has 0 aliphatic heterocycles. The molecule has 0 fully saturated rings. The van der Waals surface area contributed by atoms with Gasteiger partial charge >= 0.3 is 0 Å². The zero-order chi connectivity index (χ0) is 14.0. The van der Waals surface area contributed by atoms with Crippen molar-refractivity contribution in [2.45, 2.75) is 25.5 Å². The van der Waals surface area contributed by atoms with Crippen LogP contribution in [0.1, 0.15) is 16.7 Å². The fraction of sp³-hybridized carbons (Fsp3) is 0.250. The molecule has 1 heterocycles. The van der Waals surface area contributed by atoms with Gasteiger partial charge in [0, 0.05) is 11.3 Å². The molecule has 0 saturated heterocycles. The van der Waals surface area contributed by atoms with E-state index in [9.17, 15) is 8.42 Å². The molecule has 0 unspecified atom stereocenters. The van der Waals surface area contributed by atoms with Crippen molar-refractivity contribution in [2.24, 2.45) is 0 Å². The predicted octanol–water partition coefficient (Wildman–Crippen LogP) is 1.32. The number of benzene rings is 1. The lowest BCUT2D eigenvalue weighted by atomic mass is 10.1. The van der Waals surface area contributed by atoms with E-state index < -0.39 is 10.0 Å². The molecular weight excluding hydrogens is 266 g/mol. The highest BCUT2D eigenvalue weighted by Crippen LogP contribution is 2.19. The molecule has 6 nitrogen and oxygen atoms in total. The Morgan fingerprint density at radius 1 is 1.26 bits per heavy atom. The Hall–Kier alpha value is -1.86. The van der Waals surface area contributed by atoms with Crippen molar-refractivity contribution in [3.8, 4) is 0 Å². The third kappa shape index (κ3) is 2.94. The third-order valence-electron chi connectivity index (χ3n) is 2.59. The third-order valence-corrected chi connectivity index (χ3v) is 3.99. The highest BCUT2D eigenvalue weighted by Gasteiger charge is 2.20. The van der Waals surface area contributed by atoms with Gasteiger partial charge in [-0.25, -0.2) is 0 Å². The summed E-state index contributed by atoms with van der Waals surface area (Å²) in [6.07, 6.45) is 1.29. The fourth-order valence-electron chi connectivity index (χ4n) is 1.88. The lowest BCUT2D eigenvalue weighted by molar-refractivity contribution is 0.278. The number of sulfonamides is 1. The number of hydrogen-bond donors (Lipinski definition) is 3. The number of aryl methyl sites for hydroxylation is 2. The number of anilines is 1. The number of aromatic amines is 1. The number of aliphatic hydroxyl groups is 1. The van der Waals surface area contributed by atoms with E-state index in [1.54, 1.807) is 12.1 Å². The number of nitrogens with zero attached hydrogens (tertiary/aromatic N) is 1. The SMILES string of the molecule is Cc1cc(C)cc(NS(=O)(=O)c2[nH]ncc2CO)c1. The van der Waals surface area contributed by atoms with Gasteiger partial charge in [-0.15, -0.1) is 0 Å². The molecule has 3 N–H and O–H groups in total. The van der Waals surface area contributed by atoms with Gasteiger partial charge in [0.25, 0.3) is 10.0 Å². The summed E-state index contributed by atoms with van der Waals surface area (Å²) in [5, 5.41) is 15.0. The number of aliphatic hydroxyl groups excluding tert-OH is 1. The second-order valence-corrected chi connectivity index (χ2v) is 5.98. The van der Waals surface area contributed by atoms with Crippen LogP contribution in [0.15, 0.2) is 29.4 Å². The van der Waals surface area contributed by atoms with Crippen LogP contribution in [-0.4, -0.2) is 23.7 Å². The van der Waals surface area contributed by atoms with Crippen LogP contribution in [0.5, 0.6) is 0 Å². The number of rotatable bonds is 4. The Bertz CT molecular complexity index is 672. The summed E-state index contributed by atoms with van der Waals surface area (Å²) in [7, 11) is -3.77. The number of nitrogens with one attached hydrogen (secondary N) is 2. The van der Waals surface area contributed by atoms with E-state index in [2.05, 4.69) is 14.9 Å². The Morgan fingerprint density at radius 2 is 1.89 bits per heavy atom. The van der Waals surface area contributed by atoms with Crippen LogP contribution in [0.25, 0.3) is 0 Å². The topological polar surface area (TPSA) is 95.1 Å². The number of aromatic nitrogens is 2. The maximum atomic E-state index is 12.2. The summed E-state index contributed by atoms with van der Waals surface area (Å²) >= 11 is 0. The van der Waals surface area contributed by atoms with Crippen LogP contribution in [0.4, 0.5) is 5.69 Å². The molecule has 19 heavy (non-hydrogen) atoms. The van der Waals surface area contributed by atoms with Gasteiger partial charge in [-0.1, -0.05) is 6.07 Å². The van der Waals surface area contributed by atoms with Crippen LogP contribution in [-0.2, 0) is 16.6 Å². The Balaban J connectivity index is 2.36. The molecule has 102 valence electrons. The van der Waals surface area contributed by atoms with Gasteiger partial charge in [0.05, 0.1) is 12.8 Å². The molecular formula is C12H15N3O3S. The van der Waals surface area contributed by atoms with E-state index in [1.807, 2.05) is 19.9 Å². The summed E-state index contributed by atoms with van der Waals surface area (Å²) in [5.74, 6) is 0. The number of hydrogen-bond acceptors (Lipinski definition) is 4. The molecule has 0 atom stereocenters. The monoisotopic (exact) mass is 281 g/mol. The smallest absolute Gasteiger partial charge is 0.279 e.